The van der Waals surface area contributed by atoms with Gasteiger partial charge in [-0.3, -0.25) is 4.99 Å². The maximum absolute atomic E-state index is 5.47. The predicted octanol–water partition coefficient (Wildman–Crippen LogP) is 3.86. The zero-order valence-corrected chi connectivity index (χ0v) is 19.1. The summed E-state index contributed by atoms with van der Waals surface area (Å²) in [5.74, 6) is 1.66. The molecule has 28 heavy (non-hydrogen) atoms. The van der Waals surface area contributed by atoms with Gasteiger partial charge in [0.15, 0.2) is 5.96 Å². The third-order valence-corrected chi connectivity index (χ3v) is 4.69. The number of aryl methyl sites for hydroxylation is 1. The predicted molar refractivity (Wildman–Crippen MR) is 128 cm³/mol. The highest BCUT2D eigenvalue weighted by molar-refractivity contribution is 14.0. The van der Waals surface area contributed by atoms with Crippen molar-refractivity contribution in [3.8, 4) is 5.75 Å². The van der Waals surface area contributed by atoms with Crippen LogP contribution in [0.3, 0.4) is 0 Å². The van der Waals surface area contributed by atoms with Crippen molar-refractivity contribution in [2.75, 3.05) is 32.1 Å². The van der Waals surface area contributed by atoms with Crippen LogP contribution in [0.5, 0.6) is 5.75 Å². The van der Waals surface area contributed by atoms with Gasteiger partial charge in [-0.25, -0.2) is 0 Å². The highest BCUT2D eigenvalue weighted by Crippen LogP contribution is 2.20. The Morgan fingerprint density at radius 1 is 1.04 bits per heavy atom. The topological polar surface area (TPSA) is 48.9 Å². The molecule has 0 aromatic heterocycles. The Morgan fingerprint density at radius 3 is 2.36 bits per heavy atom. The Hall–Kier alpha value is -2.22. The second-order valence-electron chi connectivity index (χ2n) is 6.64. The summed E-state index contributed by atoms with van der Waals surface area (Å²) in [4.78, 5) is 6.65. The summed E-state index contributed by atoms with van der Waals surface area (Å²) in [6.07, 6.45) is 4.41. The summed E-state index contributed by atoms with van der Waals surface area (Å²) in [7, 11) is 3.48. The van der Waals surface area contributed by atoms with Crippen molar-refractivity contribution in [1.29, 1.82) is 0 Å². The molecule has 0 spiro atoms. The van der Waals surface area contributed by atoms with E-state index in [1.807, 2.05) is 6.07 Å². The lowest BCUT2D eigenvalue weighted by Gasteiger charge is -2.18. The number of halogens is 1. The fourth-order valence-electron chi connectivity index (χ4n) is 3.10. The van der Waals surface area contributed by atoms with E-state index in [0.717, 1.165) is 36.9 Å². The molecule has 0 amide bonds. The molecule has 3 rings (SSSR count). The van der Waals surface area contributed by atoms with Gasteiger partial charge >= 0.3 is 0 Å². The highest BCUT2D eigenvalue weighted by atomic mass is 127. The smallest absolute Gasteiger partial charge is 0.191 e. The van der Waals surface area contributed by atoms with E-state index in [0.29, 0.717) is 6.54 Å². The number of ether oxygens (including phenoxy) is 1. The summed E-state index contributed by atoms with van der Waals surface area (Å²) in [5.41, 5.74) is 4.78. The third kappa shape index (κ3) is 5.89. The van der Waals surface area contributed by atoms with Gasteiger partial charge in [0.25, 0.3) is 0 Å². The molecular formula is C22H29IN4O. The van der Waals surface area contributed by atoms with E-state index < -0.39 is 0 Å². The summed E-state index contributed by atoms with van der Waals surface area (Å²) in [6, 6.07) is 14.9. The van der Waals surface area contributed by atoms with Crippen LogP contribution in [-0.2, 0) is 13.1 Å². The minimum Gasteiger partial charge on any atom is -0.496 e. The quantitative estimate of drug-likeness (QED) is 0.278. The maximum atomic E-state index is 5.47. The van der Waals surface area contributed by atoms with Gasteiger partial charge in [0.2, 0.25) is 0 Å². The molecule has 2 aromatic carbocycles. The molecule has 0 saturated heterocycles. The van der Waals surface area contributed by atoms with Gasteiger partial charge in [-0.05, 0) is 36.2 Å². The van der Waals surface area contributed by atoms with Crippen LogP contribution in [0.1, 0.15) is 16.7 Å². The summed E-state index contributed by atoms with van der Waals surface area (Å²) >= 11 is 0. The molecule has 1 aliphatic heterocycles. The first-order valence-electron chi connectivity index (χ1n) is 9.26. The first kappa shape index (κ1) is 22.1. The van der Waals surface area contributed by atoms with Crippen molar-refractivity contribution in [2.24, 2.45) is 4.99 Å². The van der Waals surface area contributed by atoms with E-state index in [1.54, 1.807) is 14.2 Å². The van der Waals surface area contributed by atoms with E-state index in [-0.39, 0.29) is 24.0 Å². The molecule has 0 unspecified atom stereocenters. The zero-order valence-electron chi connectivity index (χ0n) is 16.7. The van der Waals surface area contributed by atoms with Crippen LogP contribution in [-0.4, -0.2) is 33.2 Å². The Labute approximate surface area is 184 Å². The molecule has 0 atom stereocenters. The molecule has 5 nitrogen and oxygen atoms in total. The first-order chi connectivity index (χ1) is 13.2. The molecular weight excluding hydrogens is 463 g/mol. The Morgan fingerprint density at radius 2 is 1.71 bits per heavy atom. The number of anilines is 1. The van der Waals surface area contributed by atoms with Crippen LogP contribution in [0.2, 0.25) is 0 Å². The fraction of sp³-hybridized carbons (Fsp3) is 0.318. The Balaban J connectivity index is 0.00000280. The zero-order chi connectivity index (χ0) is 19.1. The molecule has 0 fully saturated rings. The molecule has 1 heterocycles. The van der Waals surface area contributed by atoms with Crippen LogP contribution < -0.4 is 20.3 Å². The molecule has 0 radical (unpaired) electrons. The van der Waals surface area contributed by atoms with Gasteiger partial charge in [-0.2, -0.15) is 0 Å². The molecule has 2 N–H and O–H groups in total. The van der Waals surface area contributed by atoms with Crippen molar-refractivity contribution in [1.82, 2.24) is 10.6 Å². The number of guanidine groups is 1. The average Bonchev–Trinajstić information content (AvgIpc) is 3.24. The van der Waals surface area contributed by atoms with Gasteiger partial charge in [-0.15, -0.1) is 24.0 Å². The summed E-state index contributed by atoms with van der Waals surface area (Å²) < 4.78 is 5.47. The second kappa shape index (κ2) is 10.9. The summed E-state index contributed by atoms with van der Waals surface area (Å²) in [6.45, 7) is 5.44. The normalized spacial score (nSPS) is 13.2. The van der Waals surface area contributed by atoms with Crippen LogP contribution in [0.15, 0.2) is 59.6 Å². The number of hydrogen-bond donors (Lipinski definition) is 2. The van der Waals surface area contributed by atoms with Crippen LogP contribution in [0, 0.1) is 6.92 Å². The number of aliphatic imine (C=N–C) groups is 1. The fourth-order valence-corrected chi connectivity index (χ4v) is 3.10. The van der Waals surface area contributed by atoms with Crippen molar-refractivity contribution in [2.45, 2.75) is 20.0 Å². The van der Waals surface area contributed by atoms with Gasteiger partial charge in [-0.1, -0.05) is 36.4 Å². The number of nitrogens with zero attached hydrogens (tertiary/aromatic N) is 2. The highest BCUT2D eigenvalue weighted by Gasteiger charge is 2.08. The van der Waals surface area contributed by atoms with Crippen molar-refractivity contribution in [3.05, 3.63) is 71.3 Å². The molecule has 2 aromatic rings. The Bertz CT molecular complexity index is 810. The first-order valence-corrected chi connectivity index (χ1v) is 9.26. The van der Waals surface area contributed by atoms with E-state index in [1.165, 1.54) is 16.8 Å². The number of hydrogen-bond acceptors (Lipinski definition) is 3. The SMILES string of the molecule is CN=C(NCc1ccc(N2CC=CC2)cc1)NCc1ccc(C)cc1OC.I. The largest absolute Gasteiger partial charge is 0.496 e. The van der Waals surface area contributed by atoms with Crippen molar-refractivity contribution >= 4 is 35.6 Å². The minimum atomic E-state index is 0. The number of benzene rings is 2. The summed E-state index contributed by atoms with van der Waals surface area (Å²) in [5, 5.41) is 6.71. The molecule has 0 bridgehead atoms. The minimum absolute atomic E-state index is 0. The van der Waals surface area contributed by atoms with Crippen LogP contribution >= 0.6 is 24.0 Å². The Kier molecular flexibility index (Phi) is 8.63. The van der Waals surface area contributed by atoms with Gasteiger partial charge in [0.05, 0.1) is 7.11 Å². The maximum Gasteiger partial charge on any atom is 0.191 e. The molecule has 150 valence electrons. The van der Waals surface area contributed by atoms with Gasteiger partial charge in [0.1, 0.15) is 5.75 Å². The average molecular weight is 492 g/mol. The molecule has 0 saturated carbocycles. The molecule has 6 heteroatoms. The standard InChI is InChI=1S/C22H28N4O.HI/c1-17-6-9-19(21(14-17)27-3)16-25-22(23-2)24-15-18-7-10-20(11-8-18)26-12-4-5-13-26;/h4-11,14H,12-13,15-16H2,1-3H3,(H2,23,24,25);1H. The lowest BCUT2D eigenvalue weighted by Crippen LogP contribution is -2.36. The van der Waals surface area contributed by atoms with E-state index >= 15 is 0 Å². The van der Waals surface area contributed by atoms with E-state index in [2.05, 4.69) is 76.0 Å². The van der Waals surface area contributed by atoms with Crippen molar-refractivity contribution in [3.63, 3.8) is 0 Å². The van der Waals surface area contributed by atoms with Crippen molar-refractivity contribution < 1.29 is 4.74 Å². The number of methoxy groups -OCH3 is 1. The molecule has 0 aliphatic carbocycles. The molecule has 1 aliphatic rings. The van der Waals surface area contributed by atoms with Crippen LogP contribution in [0.25, 0.3) is 0 Å². The van der Waals surface area contributed by atoms with Gasteiger partial charge < -0.3 is 20.3 Å². The van der Waals surface area contributed by atoms with E-state index in [4.69, 9.17) is 4.74 Å². The van der Waals surface area contributed by atoms with E-state index in [9.17, 15) is 0 Å². The van der Waals surface area contributed by atoms with Gasteiger partial charge in [0, 0.05) is 44.5 Å². The lowest BCUT2D eigenvalue weighted by atomic mass is 10.1. The monoisotopic (exact) mass is 492 g/mol. The van der Waals surface area contributed by atoms with Crippen LogP contribution in [0.4, 0.5) is 5.69 Å². The third-order valence-electron chi connectivity index (χ3n) is 4.69. The lowest BCUT2D eigenvalue weighted by molar-refractivity contribution is 0.408. The number of rotatable bonds is 6. The second-order valence-corrected chi connectivity index (χ2v) is 6.64. The number of nitrogens with one attached hydrogen (secondary N) is 2.